The monoisotopic (exact) mass is 234 g/mol. The number of halogens is 1. The number of rotatable bonds is 7. The zero-order valence-electron chi connectivity index (χ0n) is 8.46. The molecule has 0 aromatic rings. The lowest BCUT2D eigenvalue weighted by atomic mass is 10.5. The summed E-state index contributed by atoms with van der Waals surface area (Å²) in [6.45, 7) is 7.37. The summed E-state index contributed by atoms with van der Waals surface area (Å²) in [5.74, 6) is 0.699. The molecule has 0 N–H and O–H groups in total. The molecule has 0 radical (unpaired) electrons. The van der Waals surface area contributed by atoms with Gasteiger partial charge in [0.15, 0.2) is 6.29 Å². The first-order valence-corrected chi connectivity index (χ1v) is 5.36. The van der Waals surface area contributed by atoms with E-state index < -0.39 is 0 Å². The van der Waals surface area contributed by atoms with Crippen molar-refractivity contribution in [3.8, 4) is 0 Å². The van der Waals surface area contributed by atoms with Gasteiger partial charge < -0.3 is 9.47 Å². The molecule has 0 saturated carbocycles. The van der Waals surface area contributed by atoms with Crippen LogP contribution in [0.5, 0.6) is 0 Å². The van der Waals surface area contributed by atoms with Crippen molar-refractivity contribution in [3.63, 3.8) is 0 Å². The maximum Gasteiger partial charge on any atom is 0.166 e. The Morgan fingerprint density at radius 2 is 1.93 bits per heavy atom. The molecule has 80 valence electrons. The topological polar surface area (TPSA) is 18.5 Å². The summed E-state index contributed by atoms with van der Waals surface area (Å²) in [5.41, 5.74) is 0. The van der Waals surface area contributed by atoms with Crippen LogP contribution in [0.1, 0.15) is 0 Å². The molecule has 4 heteroatoms. The number of thioether (sulfide) groups is 1. The molecule has 0 aliphatic carbocycles. The van der Waals surface area contributed by atoms with Gasteiger partial charge in [-0.1, -0.05) is 24.8 Å². The Labute approximate surface area is 94.6 Å². The van der Waals surface area contributed by atoms with E-state index in [1.807, 2.05) is 6.08 Å². The van der Waals surface area contributed by atoms with Crippen LogP contribution >= 0.6 is 23.4 Å². The second-order valence-corrected chi connectivity index (χ2v) is 4.09. The van der Waals surface area contributed by atoms with Gasteiger partial charge in [0, 0.05) is 29.9 Å². The number of allylic oxidation sites excluding steroid dienone is 3. The van der Waals surface area contributed by atoms with Gasteiger partial charge in [0.25, 0.3) is 0 Å². The van der Waals surface area contributed by atoms with E-state index in [-0.39, 0.29) is 6.29 Å². The lowest BCUT2D eigenvalue weighted by Gasteiger charge is -2.12. The Bertz CT molecular complexity index is 222. The lowest BCUT2D eigenvalue weighted by molar-refractivity contribution is -0.0841. The van der Waals surface area contributed by atoms with Crippen LogP contribution in [0.4, 0.5) is 0 Å². The average molecular weight is 235 g/mol. The third-order valence-corrected chi connectivity index (χ3v) is 2.45. The molecule has 2 nitrogen and oxygen atoms in total. The van der Waals surface area contributed by atoms with Crippen LogP contribution in [-0.2, 0) is 9.47 Å². The number of hydrogen-bond acceptors (Lipinski definition) is 3. The Kier molecular flexibility index (Phi) is 7.99. The molecular formula is C10H15ClO2S. The van der Waals surface area contributed by atoms with Crippen molar-refractivity contribution in [2.75, 3.05) is 20.0 Å². The first-order valence-electron chi connectivity index (χ1n) is 4.00. The molecule has 0 atom stereocenters. The third-order valence-electron chi connectivity index (χ3n) is 1.38. The Morgan fingerprint density at radius 3 is 2.36 bits per heavy atom. The number of methoxy groups -OCH3 is 2. The minimum Gasteiger partial charge on any atom is -0.355 e. The maximum absolute atomic E-state index is 5.56. The fourth-order valence-corrected chi connectivity index (χ4v) is 1.49. The van der Waals surface area contributed by atoms with Crippen molar-refractivity contribution in [3.05, 3.63) is 35.2 Å². The van der Waals surface area contributed by atoms with Gasteiger partial charge in [-0.3, -0.25) is 0 Å². The molecule has 0 aromatic heterocycles. The summed E-state index contributed by atoms with van der Waals surface area (Å²) < 4.78 is 10.0. The van der Waals surface area contributed by atoms with Crippen molar-refractivity contribution in [1.82, 2.24) is 0 Å². The summed E-state index contributed by atoms with van der Waals surface area (Å²) in [4.78, 5) is 0.894. The minimum atomic E-state index is -0.204. The van der Waals surface area contributed by atoms with Gasteiger partial charge in [0.2, 0.25) is 0 Å². The highest BCUT2D eigenvalue weighted by Crippen LogP contribution is 2.18. The second-order valence-electron chi connectivity index (χ2n) is 2.46. The normalized spacial score (nSPS) is 11.1. The van der Waals surface area contributed by atoms with Gasteiger partial charge in [-0.15, -0.1) is 11.8 Å². The van der Waals surface area contributed by atoms with E-state index in [0.717, 1.165) is 4.91 Å². The molecule has 0 aliphatic rings. The molecule has 14 heavy (non-hydrogen) atoms. The lowest BCUT2D eigenvalue weighted by Crippen LogP contribution is -2.15. The first kappa shape index (κ1) is 13.8. The van der Waals surface area contributed by atoms with Gasteiger partial charge in [-0.05, 0) is 12.2 Å². The first-order chi connectivity index (χ1) is 6.60. The largest absolute Gasteiger partial charge is 0.355 e. The maximum atomic E-state index is 5.56. The third kappa shape index (κ3) is 7.21. The van der Waals surface area contributed by atoms with Crippen LogP contribution in [0.15, 0.2) is 35.2 Å². The molecule has 0 rings (SSSR count). The highest BCUT2D eigenvalue weighted by atomic mass is 35.5. The Morgan fingerprint density at radius 1 is 1.36 bits per heavy atom. The highest BCUT2D eigenvalue weighted by Gasteiger charge is 2.04. The Hall–Kier alpha value is -0.220. The highest BCUT2D eigenvalue weighted by molar-refractivity contribution is 8.03. The SMILES string of the molecule is C=C(Cl)/C=C\C(=C)SCC(OC)OC. The molecule has 0 unspecified atom stereocenters. The van der Waals surface area contributed by atoms with Crippen LogP contribution in [-0.4, -0.2) is 26.3 Å². The van der Waals surface area contributed by atoms with Crippen LogP contribution in [0.3, 0.4) is 0 Å². The number of hydrogen-bond donors (Lipinski definition) is 0. The Balaban J connectivity index is 3.78. The average Bonchev–Trinajstić information content (AvgIpc) is 2.16. The summed E-state index contributed by atoms with van der Waals surface area (Å²) in [6, 6.07) is 0. The van der Waals surface area contributed by atoms with E-state index in [9.17, 15) is 0 Å². The smallest absolute Gasteiger partial charge is 0.166 e. The standard InChI is InChI=1S/C10H15ClO2S/c1-8(11)5-6-9(2)14-7-10(12-3)13-4/h5-6,10H,1-2,7H2,3-4H3/b6-5-. The van der Waals surface area contributed by atoms with Gasteiger partial charge in [0.05, 0.1) is 0 Å². The molecule has 0 aromatic carbocycles. The van der Waals surface area contributed by atoms with Crippen LogP contribution in [0.25, 0.3) is 0 Å². The van der Waals surface area contributed by atoms with E-state index >= 15 is 0 Å². The van der Waals surface area contributed by atoms with E-state index in [0.29, 0.717) is 10.8 Å². The van der Waals surface area contributed by atoms with Crippen molar-refractivity contribution in [2.45, 2.75) is 6.29 Å². The van der Waals surface area contributed by atoms with Crippen molar-refractivity contribution < 1.29 is 9.47 Å². The van der Waals surface area contributed by atoms with Crippen LogP contribution in [0.2, 0.25) is 0 Å². The zero-order chi connectivity index (χ0) is 11.0. The predicted octanol–water partition coefficient (Wildman–Crippen LogP) is 3.16. The van der Waals surface area contributed by atoms with E-state index in [1.54, 1.807) is 32.1 Å². The van der Waals surface area contributed by atoms with Gasteiger partial charge in [-0.25, -0.2) is 0 Å². The molecule has 0 heterocycles. The summed E-state index contributed by atoms with van der Waals surface area (Å²) in [7, 11) is 3.21. The molecule has 0 amide bonds. The fourth-order valence-electron chi connectivity index (χ4n) is 0.639. The summed E-state index contributed by atoms with van der Waals surface area (Å²) >= 11 is 7.10. The molecule has 0 bridgehead atoms. The zero-order valence-corrected chi connectivity index (χ0v) is 10.0. The van der Waals surface area contributed by atoms with E-state index in [1.165, 1.54) is 0 Å². The van der Waals surface area contributed by atoms with Gasteiger partial charge in [0.1, 0.15) is 0 Å². The molecule has 0 spiro atoms. The van der Waals surface area contributed by atoms with Crippen molar-refractivity contribution in [1.29, 1.82) is 0 Å². The van der Waals surface area contributed by atoms with E-state index in [2.05, 4.69) is 13.2 Å². The molecule has 0 saturated heterocycles. The van der Waals surface area contributed by atoms with Crippen molar-refractivity contribution in [2.24, 2.45) is 0 Å². The van der Waals surface area contributed by atoms with E-state index in [4.69, 9.17) is 21.1 Å². The van der Waals surface area contributed by atoms with Gasteiger partial charge in [-0.2, -0.15) is 0 Å². The summed E-state index contributed by atoms with van der Waals surface area (Å²) in [5, 5.41) is 0.488. The summed E-state index contributed by atoms with van der Waals surface area (Å²) in [6.07, 6.45) is 3.30. The van der Waals surface area contributed by atoms with Crippen molar-refractivity contribution >= 4 is 23.4 Å². The van der Waals surface area contributed by atoms with Gasteiger partial charge >= 0.3 is 0 Å². The van der Waals surface area contributed by atoms with Crippen LogP contribution < -0.4 is 0 Å². The second kappa shape index (κ2) is 8.12. The van der Waals surface area contributed by atoms with Crippen LogP contribution in [0, 0.1) is 0 Å². The number of ether oxygens (including phenoxy) is 2. The molecule has 0 fully saturated rings. The minimum absolute atomic E-state index is 0.204. The molecule has 0 aliphatic heterocycles. The molecular weight excluding hydrogens is 220 g/mol. The fraction of sp³-hybridized carbons (Fsp3) is 0.400. The predicted molar refractivity (Wildman–Crippen MR) is 63.5 cm³/mol. The quantitative estimate of drug-likeness (QED) is 0.498.